The van der Waals surface area contributed by atoms with Crippen molar-refractivity contribution in [3.8, 4) is 0 Å². The van der Waals surface area contributed by atoms with Crippen molar-refractivity contribution >= 4 is 5.97 Å². The van der Waals surface area contributed by atoms with Crippen LogP contribution in [0.25, 0.3) is 0 Å². The van der Waals surface area contributed by atoms with Crippen LogP contribution < -0.4 is 0 Å². The number of hydrogen-bond acceptors (Lipinski definition) is 3. The van der Waals surface area contributed by atoms with E-state index in [1.54, 1.807) is 0 Å². The van der Waals surface area contributed by atoms with Crippen molar-refractivity contribution in [2.45, 2.75) is 51.2 Å². The standard InChI is InChI=1S/C17H25NO3/c1-13-6-4-7-14(10-13)11-16(2)8-5-9-18(16)12-17(3,21)15(19)20/h4,6-7,10,21H,5,8-9,11-12H2,1-3H3,(H,19,20). The highest BCUT2D eigenvalue weighted by atomic mass is 16.4. The van der Waals surface area contributed by atoms with E-state index in [9.17, 15) is 9.90 Å². The zero-order chi connectivity index (χ0) is 15.7. The number of carboxylic acids is 1. The SMILES string of the molecule is Cc1cccc(CC2(C)CCCN2CC(C)(O)C(=O)O)c1. The summed E-state index contributed by atoms with van der Waals surface area (Å²) in [5, 5.41) is 19.2. The number of benzene rings is 1. The first-order chi connectivity index (χ1) is 9.73. The van der Waals surface area contributed by atoms with Gasteiger partial charge in [0.2, 0.25) is 0 Å². The molecule has 0 radical (unpaired) electrons. The summed E-state index contributed by atoms with van der Waals surface area (Å²) in [6.45, 7) is 6.63. The molecule has 1 fully saturated rings. The molecule has 1 saturated heterocycles. The Morgan fingerprint density at radius 3 is 2.81 bits per heavy atom. The van der Waals surface area contributed by atoms with Crippen molar-refractivity contribution in [1.82, 2.24) is 4.90 Å². The summed E-state index contributed by atoms with van der Waals surface area (Å²) in [7, 11) is 0. The third-order valence-electron chi connectivity index (χ3n) is 4.53. The van der Waals surface area contributed by atoms with Crippen molar-refractivity contribution < 1.29 is 15.0 Å². The third-order valence-corrected chi connectivity index (χ3v) is 4.53. The molecule has 4 heteroatoms. The van der Waals surface area contributed by atoms with Crippen LogP contribution in [-0.4, -0.2) is 45.3 Å². The number of carboxylic acid groups (broad SMARTS) is 1. The maximum absolute atomic E-state index is 11.1. The lowest BCUT2D eigenvalue weighted by Crippen LogP contribution is -2.53. The van der Waals surface area contributed by atoms with Crippen LogP contribution in [0.5, 0.6) is 0 Å². The van der Waals surface area contributed by atoms with Crippen molar-refractivity contribution in [2.75, 3.05) is 13.1 Å². The van der Waals surface area contributed by atoms with E-state index in [1.165, 1.54) is 18.1 Å². The van der Waals surface area contributed by atoms with Crippen LogP contribution in [0.1, 0.15) is 37.8 Å². The fourth-order valence-electron chi connectivity index (χ4n) is 3.25. The normalized spacial score (nSPS) is 25.7. The largest absolute Gasteiger partial charge is 0.479 e. The smallest absolute Gasteiger partial charge is 0.336 e. The molecule has 2 unspecified atom stereocenters. The van der Waals surface area contributed by atoms with Gasteiger partial charge in [0.15, 0.2) is 5.60 Å². The van der Waals surface area contributed by atoms with Crippen LogP contribution in [-0.2, 0) is 11.2 Å². The summed E-state index contributed by atoms with van der Waals surface area (Å²) < 4.78 is 0. The first kappa shape index (κ1) is 16.0. The van der Waals surface area contributed by atoms with Gasteiger partial charge in [-0.05, 0) is 52.1 Å². The third kappa shape index (κ3) is 3.63. The minimum Gasteiger partial charge on any atom is -0.479 e. The lowest BCUT2D eigenvalue weighted by atomic mass is 9.89. The molecular formula is C17H25NO3. The van der Waals surface area contributed by atoms with Gasteiger partial charge in [-0.3, -0.25) is 4.90 Å². The Morgan fingerprint density at radius 1 is 1.48 bits per heavy atom. The van der Waals surface area contributed by atoms with Crippen molar-refractivity contribution in [3.05, 3.63) is 35.4 Å². The van der Waals surface area contributed by atoms with E-state index in [0.29, 0.717) is 0 Å². The Labute approximate surface area is 126 Å². The maximum atomic E-state index is 11.1. The maximum Gasteiger partial charge on any atom is 0.336 e. The molecule has 0 saturated carbocycles. The second-order valence-electron chi connectivity index (χ2n) is 6.77. The van der Waals surface area contributed by atoms with Crippen molar-refractivity contribution in [2.24, 2.45) is 0 Å². The highest BCUT2D eigenvalue weighted by Gasteiger charge is 2.42. The van der Waals surface area contributed by atoms with Crippen LogP contribution in [0.2, 0.25) is 0 Å². The zero-order valence-corrected chi connectivity index (χ0v) is 13.1. The lowest BCUT2D eigenvalue weighted by molar-refractivity contribution is -0.159. The molecule has 21 heavy (non-hydrogen) atoms. The number of aliphatic hydroxyl groups is 1. The van der Waals surface area contributed by atoms with Crippen LogP contribution >= 0.6 is 0 Å². The Hall–Kier alpha value is -1.39. The first-order valence-electron chi connectivity index (χ1n) is 7.49. The van der Waals surface area contributed by atoms with Crippen LogP contribution in [0.3, 0.4) is 0 Å². The molecule has 1 aromatic carbocycles. The number of hydrogen-bond donors (Lipinski definition) is 2. The van der Waals surface area contributed by atoms with E-state index >= 15 is 0 Å². The molecule has 0 aromatic heterocycles. The molecule has 0 spiro atoms. The highest BCUT2D eigenvalue weighted by Crippen LogP contribution is 2.33. The molecule has 4 nitrogen and oxygen atoms in total. The van der Waals surface area contributed by atoms with E-state index in [2.05, 4.69) is 43.0 Å². The highest BCUT2D eigenvalue weighted by molar-refractivity contribution is 5.76. The van der Waals surface area contributed by atoms with Gasteiger partial charge in [0.1, 0.15) is 0 Å². The molecule has 0 bridgehead atoms. The van der Waals surface area contributed by atoms with Gasteiger partial charge in [0, 0.05) is 12.1 Å². The molecule has 2 atom stereocenters. The van der Waals surface area contributed by atoms with Gasteiger partial charge >= 0.3 is 5.97 Å². The number of likely N-dealkylation sites (tertiary alicyclic amines) is 1. The molecule has 1 aliphatic rings. The quantitative estimate of drug-likeness (QED) is 0.873. The van der Waals surface area contributed by atoms with E-state index in [4.69, 9.17) is 5.11 Å². The molecule has 1 aromatic rings. The number of aryl methyl sites for hydroxylation is 1. The van der Waals surface area contributed by atoms with Gasteiger partial charge in [-0.15, -0.1) is 0 Å². The first-order valence-corrected chi connectivity index (χ1v) is 7.49. The predicted octanol–water partition coefficient (Wildman–Crippen LogP) is 2.23. The number of carbonyl (C=O) groups is 1. The average molecular weight is 291 g/mol. The lowest BCUT2D eigenvalue weighted by Gasteiger charge is -2.38. The van der Waals surface area contributed by atoms with E-state index in [0.717, 1.165) is 25.8 Å². The summed E-state index contributed by atoms with van der Waals surface area (Å²) in [6.07, 6.45) is 2.94. The Morgan fingerprint density at radius 2 is 2.19 bits per heavy atom. The molecular weight excluding hydrogens is 266 g/mol. The fraction of sp³-hybridized carbons (Fsp3) is 0.588. The molecule has 1 aliphatic heterocycles. The summed E-state index contributed by atoms with van der Waals surface area (Å²) >= 11 is 0. The fourth-order valence-corrected chi connectivity index (χ4v) is 3.25. The van der Waals surface area contributed by atoms with E-state index < -0.39 is 11.6 Å². The molecule has 0 amide bonds. The van der Waals surface area contributed by atoms with Gasteiger partial charge in [-0.2, -0.15) is 0 Å². The summed E-state index contributed by atoms with van der Waals surface area (Å²) in [4.78, 5) is 13.3. The van der Waals surface area contributed by atoms with Gasteiger partial charge in [-0.1, -0.05) is 29.8 Å². The second-order valence-corrected chi connectivity index (χ2v) is 6.77. The summed E-state index contributed by atoms with van der Waals surface area (Å²) in [5.41, 5.74) is 0.711. The Balaban J connectivity index is 2.14. The van der Waals surface area contributed by atoms with Gasteiger partial charge in [0.05, 0.1) is 0 Å². The molecule has 0 aliphatic carbocycles. The monoisotopic (exact) mass is 291 g/mol. The average Bonchev–Trinajstić information content (AvgIpc) is 2.69. The van der Waals surface area contributed by atoms with Crippen molar-refractivity contribution in [1.29, 1.82) is 0 Å². The van der Waals surface area contributed by atoms with Gasteiger partial charge in [0.25, 0.3) is 0 Å². The number of rotatable bonds is 5. The summed E-state index contributed by atoms with van der Waals surface area (Å²) in [5.74, 6) is -1.16. The summed E-state index contributed by atoms with van der Waals surface area (Å²) in [6, 6.07) is 8.43. The van der Waals surface area contributed by atoms with Gasteiger partial charge < -0.3 is 10.2 Å². The molecule has 2 N–H and O–H groups in total. The minimum atomic E-state index is -1.70. The molecule has 116 valence electrons. The molecule has 1 heterocycles. The molecule has 2 rings (SSSR count). The zero-order valence-electron chi connectivity index (χ0n) is 13.1. The number of nitrogens with zero attached hydrogens (tertiary/aromatic N) is 1. The van der Waals surface area contributed by atoms with Crippen molar-refractivity contribution in [3.63, 3.8) is 0 Å². The predicted molar refractivity (Wildman–Crippen MR) is 82.4 cm³/mol. The van der Waals surface area contributed by atoms with Crippen LogP contribution in [0, 0.1) is 6.92 Å². The van der Waals surface area contributed by atoms with E-state index in [-0.39, 0.29) is 12.1 Å². The minimum absolute atomic E-state index is 0.0900. The Bertz CT molecular complexity index is 527. The van der Waals surface area contributed by atoms with E-state index in [1.807, 2.05) is 0 Å². The second kappa shape index (κ2) is 5.78. The van der Waals surface area contributed by atoms with Crippen LogP contribution in [0.4, 0.5) is 0 Å². The van der Waals surface area contributed by atoms with Crippen LogP contribution in [0.15, 0.2) is 24.3 Å². The number of β-amino-alcohol motifs (C(OH)–C–C–N with tert-alkyl or cyclic N) is 1. The van der Waals surface area contributed by atoms with Gasteiger partial charge in [-0.25, -0.2) is 4.79 Å². The Kier molecular flexibility index (Phi) is 4.40. The topological polar surface area (TPSA) is 60.8 Å². The number of aliphatic carboxylic acids is 1.